The molecule has 0 unspecified atom stereocenters. The number of ether oxygens (including phenoxy) is 3. The number of esters is 1. The topological polar surface area (TPSA) is 117 Å². The molecule has 0 radical (unpaired) electrons. The second kappa shape index (κ2) is 10.6. The molecule has 0 aromatic carbocycles. The van der Waals surface area contributed by atoms with E-state index >= 15 is 0 Å². The molecule has 170 valence electrons. The summed E-state index contributed by atoms with van der Waals surface area (Å²) in [4.78, 5) is 32.0. The molecule has 0 bridgehead atoms. The molecule has 0 fully saturated rings. The Labute approximate surface area is 185 Å². The third-order valence-electron chi connectivity index (χ3n) is 4.18. The fourth-order valence-corrected chi connectivity index (χ4v) is 2.88. The van der Waals surface area contributed by atoms with Crippen LogP contribution in [0.25, 0.3) is 16.9 Å². The number of hydrogen-bond acceptors (Lipinski definition) is 8. The third-order valence-corrected chi connectivity index (χ3v) is 4.18. The highest BCUT2D eigenvalue weighted by Gasteiger charge is 2.15. The van der Waals surface area contributed by atoms with Crippen LogP contribution in [0.5, 0.6) is 11.8 Å². The summed E-state index contributed by atoms with van der Waals surface area (Å²) in [7, 11) is 0. The Morgan fingerprint density at radius 2 is 1.94 bits per heavy atom. The van der Waals surface area contributed by atoms with Gasteiger partial charge in [-0.2, -0.15) is 0 Å². The van der Waals surface area contributed by atoms with Crippen molar-refractivity contribution in [3.63, 3.8) is 0 Å². The quantitative estimate of drug-likeness (QED) is 0.376. The van der Waals surface area contributed by atoms with Crippen LogP contribution in [-0.2, 0) is 14.3 Å². The molecule has 3 heterocycles. The predicted octanol–water partition coefficient (Wildman–Crippen LogP) is 2.34. The summed E-state index contributed by atoms with van der Waals surface area (Å²) < 4.78 is 17.9. The molecule has 1 amide bonds. The van der Waals surface area contributed by atoms with Crippen LogP contribution in [-0.4, -0.2) is 57.3 Å². The van der Waals surface area contributed by atoms with Crippen molar-refractivity contribution in [1.29, 1.82) is 0 Å². The van der Waals surface area contributed by atoms with Crippen molar-refractivity contribution < 1.29 is 23.8 Å². The van der Waals surface area contributed by atoms with Crippen molar-refractivity contribution >= 4 is 17.4 Å². The fraction of sp³-hybridized carbons (Fsp3) is 0.409. The minimum atomic E-state index is -0.329. The first kappa shape index (κ1) is 23.0. The first-order valence-electron chi connectivity index (χ1n) is 10.3. The SMILES string of the molecule is CC(=O)OCCCOc1cc2c(OCC(=O)NC(C)C)nc(-c3cccc(C)n3)cn2n1. The number of nitrogens with one attached hydrogen (secondary N) is 1. The van der Waals surface area contributed by atoms with Crippen molar-refractivity contribution in [3.05, 3.63) is 36.2 Å². The molecule has 0 aliphatic heterocycles. The Bertz CT molecular complexity index is 1100. The van der Waals surface area contributed by atoms with E-state index in [9.17, 15) is 9.59 Å². The van der Waals surface area contributed by atoms with Crippen LogP contribution in [0.2, 0.25) is 0 Å². The van der Waals surface area contributed by atoms with Crippen LogP contribution in [0.4, 0.5) is 0 Å². The van der Waals surface area contributed by atoms with E-state index < -0.39 is 0 Å². The van der Waals surface area contributed by atoms with Gasteiger partial charge in [0.25, 0.3) is 5.91 Å². The van der Waals surface area contributed by atoms with E-state index in [0.717, 1.165) is 5.69 Å². The molecule has 0 saturated carbocycles. The van der Waals surface area contributed by atoms with Gasteiger partial charge < -0.3 is 19.5 Å². The third kappa shape index (κ3) is 6.40. The van der Waals surface area contributed by atoms with E-state index in [-0.39, 0.29) is 37.0 Å². The largest absolute Gasteiger partial charge is 0.476 e. The highest BCUT2D eigenvalue weighted by atomic mass is 16.5. The number of fused-ring (bicyclic) bond motifs is 1. The van der Waals surface area contributed by atoms with Gasteiger partial charge in [0.1, 0.15) is 11.2 Å². The second-order valence-electron chi connectivity index (χ2n) is 7.46. The molecule has 0 aliphatic carbocycles. The first-order chi connectivity index (χ1) is 15.3. The second-order valence-corrected chi connectivity index (χ2v) is 7.46. The lowest BCUT2D eigenvalue weighted by molar-refractivity contribution is -0.141. The van der Waals surface area contributed by atoms with E-state index in [1.165, 1.54) is 6.92 Å². The Morgan fingerprint density at radius 1 is 1.12 bits per heavy atom. The van der Waals surface area contributed by atoms with Crippen LogP contribution < -0.4 is 14.8 Å². The zero-order chi connectivity index (χ0) is 23.1. The maximum absolute atomic E-state index is 12.1. The number of hydrogen-bond donors (Lipinski definition) is 1. The first-order valence-corrected chi connectivity index (χ1v) is 10.3. The van der Waals surface area contributed by atoms with Crippen molar-refractivity contribution in [3.8, 4) is 23.1 Å². The summed E-state index contributed by atoms with van der Waals surface area (Å²) in [6.45, 7) is 7.41. The standard InChI is InChI=1S/C22H27N5O5/c1-14(2)23-20(29)13-32-22-19-11-21(31-10-6-9-30-16(4)28)26-27(19)12-18(25-22)17-8-5-7-15(3)24-17/h5,7-8,11-12,14H,6,9-10,13H2,1-4H3,(H,23,29). The summed E-state index contributed by atoms with van der Waals surface area (Å²) in [5.74, 6) is 0.0253. The Balaban J connectivity index is 1.84. The van der Waals surface area contributed by atoms with Gasteiger partial charge in [0.15, 0.2) is 6.61 Å². The van der Waals surface area contributed by atoms with Crippen molar-refractivity contribution in [2.75, 3.05) is 19.8 Å². The predicted molar refractivity (Wildman–Crippen MR) is 116 cm³/mol. The summed E-state index contributed by atoms with van der Waals surface area (Å²) in [5, 5.41) is 7.21. The summed E-state index contributed by atoms with van der Waals surface area (Å²) in [5.41, 5.74) is 2.60. The van der Waals surface area contributed by atoms with Gasteiger partial charge >= 0.3 is 5.97 Å². The molecular formula is C22H27N5O5. The highest BCUT2D eigenvalue weighted by Crippen LogP contribution is 2.26. The summed E-state index contributed by atoms with van der Waals surface area (Å²) >= 11 is 0. The Morgan fingerprint density at radius 3 is 2.66 bits per heavy atom. The van der Waals surface area contributed by atoms with E-state index in [1.54, 1.807) is 16.8 Å². The van der Waals surface area contributed by atoms with E-state index in [2.05, 4.69) is 20.4 Å². The van der Waals surface area contributed by atoms with Gasteiger partial charge in [-0.1, -0.05) is 6.07 Å². The van der Waals surface area contributed by atoms with Crippen LogP contribution >= 0.6 is 0 Å². The molecule has 0 spiro atoms. The molecular weight excluding hydrogens is 414 g/mol. The van der Waals surface area contributed by atoms with Gasteiger partial charge in [-0.25, -0.2) is 9.50 Å². The summed E-state index contributed by atoms with van der Waals surface area (Å²) in [6.07, 6.45) is 2.26. The fourth-order valence-electron chi connectivity index (χ4n) is 2.88. The van der Waals surface area contributed by atoms with Crippen molar-refractivity contribution in [2.45, 2.75) is 40.2 Å². The molecule has 3 aromatic heterocycles. The molecule has 0 atom stereocenters. The van der Waals surface area contributed by atoms with Crippen molar-refractivity contribution in [2.24, 2.45) is 0 Å². The summed E-state index contributed by atoms with van der Waals surface area (Å²) in [6, 6.07) is 7.31. The Hall–Kier alpha value is -3.69. The average molecular weight is 441 g/mol. The van der Waals surface area contributed by atoms with Gasteiger partial charge in [-0.3, -0.25) is 14.6 Å². The minimum absolute atomic E-state index is 0.00357. The lowest BCUT2D eigenvalue weighted by atomic mass is 10.2. The van der Waals surface area contributed by atoms with E-state index in [1.807, 2.05) is 39.0 Å². The van der Waals surface area contributed by atoms with E-state index in [0.29, 0.717) is 35.8 Å². The van der Waals surface area contributed by atoms with Crippen LogP contribution in [0.3, 0.4) is 0 Å². The zero-order valence-electron chi connectivity index (χ0n) is 18.6. The molecule has 0 aliphatic rings. The molecule has 32 heavy (non-hydrogen) atoms. The van der Waals surface area contributed by atoms with Gasteiger partial charge in [-0.05, 0) is 32.9 Å². The minimum Gasteiger partial charge on any atom is -0.476 e. The highest BCUT2D eigenvalue weighted by molar-refractivity contribution is 5.78. The van der Waals surface area contributed by atoms with Crippen LogP contribution in [0.15, 0.2) is 30.5 Å². The average Bonchev–Trinajstić information content (AvgIpc) is 3.14. The number of carbonyl (C=O) groups is 2. The lowest BCUT2D eigenvalue weighted by Crippen LogP contribution is -2.34. The monoisotopic (exact) mass is 441 g/mol. The molecule has 10 nitrogen and oxygen atoms in total. The molecule has 1 N–H and O–H groups in total. The maximum Gasteiger partial charge on any atom is 0.302 e. The van der Waals surface area contributed by atoms with Gasteiger partial charge in [0, 0.05) is 31.1 Å². The number of carbonyl (C=O) groups excluding carboxylic acids is 2. The Kier molecular flexibility index (Phi) is 7.58. The zero-order valence-corrected chi connectivity index (χ0v) is 18.6. The van der Waals surface area contributed by atoms with E-state index in [4.69, 9.17) is 14.2 Å². The smallest absolute Gasteiger partial charge is 0.302 e. The van der Waals surface area contributed by atoms with Crippen LogP contribution in [0, 0.1) is 6.92 Å². The molecule has 3 aromatic rings. The number of aromatic nitrogens is 4. The normalized spacial score (nSPS) is 10.9. The number of nitrogens with zero attached hydrogens (tertiary/aromatic N) is 4. The van der Waals surface area contributed by atoms with Gasteiger partial charge in [0.05, 0.1) is 25.1 Å². The van der Waals surface area contributed by atoms with Gasteiger partial charge in [-0.15, -0.1) is 5.10 Å². The van der Waals surface area contributed by atoms with Crippen molar-refractivity contribution in [1.82, 2.24) is 24.9 Å². The molecule has 3 rings (SSSR count). The number of amides is 1. The van der Waals surface area contributed by atoms with Gasteiger partial charge in [0.2, 0.25) is 11.8 Å². The lowest BCUT2D eigenvalue weighted by Gasteiger charge is -2.11. The number of pyridine rings is 1. The van der Waals surface area contributed by atoms with Crippen LogP contribution in [0.1, 0.15) is 32.9 Å². The number of aryl methyl sites for hydroxylation is 1. The molecule has 10 heteroatoms. The maximum atomic E-state index is 12.1. The number of rotatable bonds is 10. The molecule has 0 saturated heterocycles.